The van der Waals surface area contributed by atoms with Crippen molar-refractivity contribution < 1.29 is 0 Å². The molecule has 0 bridgehead atoms. The molecular weight excluding hydrogens is 242 g/mol. The Labute approximate surface area is 116 Å². The second kappa shape index (κ2) is 6.58. The highest BCUT2D eigenvalue weighted by molar-refractivity contribution is 6.31. The minimum Gasteiger partial charge on any atom is -0.317 e. The maximum atomic E-state index is 6.36. The van der Waals surface area contributed by atoms with E-state index in [0.717, 1.165) is 17.4 Å². The first-order valence-corrected chi connectivity index (χ1v) is 7.51. The largest absolute Gasteiger partial charge is 0.317 e. The molecule has 2 rings (SSSR count). The van der Waals surface area contributed by atoms with E-state index in [1.165, 1.54) is 43.2 Å². The molecule has 0 radical (unpaired) electrons. The van der Waals surface area contributed by atoms with Gasteiger partial charge in [-0.1, -0.05) is 43.0 Å². The molecule has 18 heavy (non-hydrogen) atoms. The number of aryl methyl sites for hydroxylation is 1. The molecule has 1 aromatic carbocycles. The first-order valence-electron chi connectivity index (χ1n) is 7.13. The molecule has 1 aromatic rings. The third-order valence-corrected chi connectivity index (χ3v) is 4.57. The van der Waals surface area contributed by atoms with Crippen molar-refractivity contribution in [3.8, 4) is 0 Å². The molecule has 1 nitrogen and oxygen atoms in total. The van der Waals surface area contributed by atoms with E-state index in [1.54, 1.807) is 0 Å². The van der Waals surface area contributed by atoms with Crippen molar-refractivity contribution in [2.24, 2.45) is 5.92 Å². The summed E-state index contributed by atoms with van der Waals surface area (Å²) in [4.78, 5) is 0. The molecule has 2 unspecified atom stereocenters. The van der Waals surface area contributed by atoms with Gasteiger partial charge in [0, 0.05) is 11.1 Å². The van der Waals surface area contributed by atoms with Crippen molar-refractivity contribution in [2.45, 2.75) is 51.5 Å². The van der Waals surface area contributed by atoms with E-state index in [0.29, 0.717) is 6.04 Å². The van der Waals surface area contributed by atoms with Crippen LogP contribution in [0.2, 0.25) is 5.02 Å². The van der Waals surface area contributed by atoms with Crippen LogP contribution >= 0.6 is 11.6 Å². The lowest BCUT2D eigenvalue weighted by Gasteiger charge is -2.25. The number of hydrogen-bond acceptors (Lipinski definition) is 1. The highest BCUT2D eigenvalue weighted by Gasteiger charge is 2.23. The number of benzene rings is 1. The molecule has 1 N–H and O–H groups in total. The molecular formula is C16H24ClN. The van der Waals surface area contributed by atoms with Crippen LogP contribution in [0.5, 0.6) is 0 Å². The third-order valence-electron chi connectivity index (χ3n) is 4.22. The Morgan fingerprint density at radius 2 is 2.00 bits per heavy atom. The van der Waals surface area contributed by atoms with Crippen LogP contribution in [-0.2, 0) is 6.42 Å². The maximum Gasteiger partial charge on any atom is 0.0440 e. The summed E-state index contributed by atoms with van der Waals surface area (Å²) >= 11 is 6.36. The van der Waals surface area contributed by atoms with Crippen molar-refractivity contribution in [1.82, 2.24) is 5.32 Å². The smallest absolute Gasteiger partial charge is 0.0440 e. The molecule has 100 valence electrons. The van der Waals surface area contributed by atoms with Crippen molar-refractivity contribution >= 4 is 11.6 Å². The molecule has 0 aliphatic heterocycles. The Bertz CT molecular complexity index is 389. The Morgan fingerprint density at radius 1 is 1.22 bits per heavy atom. The fourth-order valence-corrected chi connectivity index (χ4v) is 3.42. The Kier molecular flexibility index (Phi) is 5.08. The van der Waals surface area contributed by atoms with Crippen LogP contribution in [0.1, 0.15) is 43.2 Å². The van der Waals surface area contributed by atoms with Gasteiger partial charge in [0.15, 0.2) is 0 Å². The van der Waals surface area contributed by atoms with Crippen LogP contribution in [0.3, 0.4) is 0 Å². The summed E-state index contributed by atoms with van der Waals surface area (Å²) in [5.41, 5.74) is 2.56. The SMILES string of the molecule is CNC1CCCCCC1Cc1ccc(C)cc1Cl. The van der Waals surface area contributed by atoms with Crippen molar-refractivity contribution in [2.75, 3.05) is 7.05 Å². The zero-order chi connectivity index (χ0) is 13.0. The van der Waals surface area contributed by atoms with E-state index in [1.807, 2.05) is 0 Å². The first kappa shape index (κ1) is 13.9. The summed E-state index contributed by atoms with van der Waals surface area (Å²) in [6.45, 7) is 2.09. The van der Waals surface area contributed by atoms with Gasteiger partial charge in [0.05, 0.1) is 0 Å². The summed E-state index contributed by atoms with van der Waals surface area (Å²) in [5.74, 6) is 0.734. The molecule has 1 aliphatic rings. The number of nitrogens with one attached hydrogen (secondary N) is 1. The van der Waals surface area contributed by atoms with Crippen LogP contribution in [0.25, 0.3) is 0 Å². The topological polar surface area (TPSA) is 12.0 Å². The van der Waals surface area contributed by atoms with Crippen LogP contribution in [0, 0.1) is 12.8 Å². The molecule has 0 saturated heterocycles. The van der Waals surface area contributed by atoms with Gasteiger partial charge in [-0.25, -0.2) is 0 Å². The van der Waals surface area contributed by atoms with E-state index >= 15 is 0 Å². The van der Waals surface area contributed by atoms with E-state index in [-0.39, 0.29) is 0 Å². The minimum atomic E-state index is 0.657. The van der Waals surface area contributed by atoms with Gasteiger partial charge < -0.3 is 5.32 Å². The van der Waals surface area contributed by atoms with Crippen LogP contribution in [0.15, 0.2) is 18.2 Å². The van der Waals surface area contributed by atoms with Gasteiger partial charge in [0.25, 0.3) is 0 Å². The highest BCUT2D eigenvalue weighted by atomic mass is 35.5. The van der Waals surface area contributed by atoms with Crippen molar-refractivity contribution in [3.05, 3.63) is 34.3 Å². The molecule has 0 spiro atoms. The van der Waals surface area contributed by atoms with Gasteiger partial charge in [-0.15, -0.1) is 0 Å². The fraction of sp³-hybridized carbons (Fsp3) is 0.625. The van der Waals surface area contributed by atoms with E-state index in [4.69, 9.17) is 11.6 Å². The summed E-state index contributed by atoms with van der Waals surface area (Å²) in [6, 6.07) is 7.12. The molecule has 1 aliphatic carbocycles. The molecule has 1 saturated carbocycles. The Balaban J connectivity index is 2.10. The second-order valence-electron chi connectivity index (χ2n) is 5.59. The van der Waals surface area contributed by atoms with Crippen LogP contribution in [0.4, 0.5) is 0 Å². The van der Waals surface area contributed by atoms with Crippen LogP contribution < -0.4 is 5.32 Å². The highest BCUT2D eigenvalue weighted by Crippen LogP contribution is 2.29. The summed E-state index contributed by atoms with van der Waals surface area (Å²) in [7, 11) is 2.10. The zero-order valence-corrected chi connectivity index (χ0v) is 12.3. The lowest BCUT2D eigenvalue weighted by molar-refractivity contribution is 0.350. The number of halogens is 1. The van der Waals surface area contributed by atoms with E-state index in [2.05, 4.69) is 37.5 Å². The minimum absolute atomic E-state index is 0.657. The maximum absolute atomic E-state index is 6.36. The third kappa shape index (κ3) is 3.49. The lowest BCUT2D eigenvalue weighted by Crippen LogP contribution is -2.33. The Morgan fingerprint density at radius 3 is 2.72 bits per heavy atom. The summed E-state index contributed by atoms with van der Waals surface area (Å²) in [6.07, 6.45) is 7.87. The average Bonchev–Trinajstić information content (AvgIpc) is 2.57. The quantitative estimate of drug-likeness (QED) is 0.801. The zero-order valence-electron chi connectivity index (χ0n) is 11.5. The van der Waals surface area contributed by atoms with Gasteiger partial charge in [0.1, 0.15) is 0 Å². The molecule has 1 fully saturated rings. The lowest BCUT2D eigenvalue weighted by atomic mass is 9.88. The van der Waals surface area contributed by atoms with E-state index in [9.17, 15) is 0 Å². The predicted molar refractivity (Wildman–Crippen MR) is 79.3 cm³/mol. The van der Waals surface area contributed by atoms with Gasteiger partial charge in [-0.05, 0) is 56.3 Å². The number of hydrogen-bond donors (Lipinski definition) is 1. The summed E-state index contributed by atoms with van der Waals surface area (Å²) in [5, 5.41) is 4.44. The van der Waals surface area contributed by atoms with Crippen molar-refractivity contribution in [3.63, 3.8) is 0 Å². The molecule has 0 heterocycles. The predicted octanol–water partition coefficient (Wildman–Crippen LogP) is 4.36. The number of rotatable bonds is 3. The summed E-state index contributed by atoms with van der Waals surface area (Å²) < 4.78 is 0. The normalized spacial score (nSPS) is 24.8. The van der Waals surface area contributed by atoms with Gasteiger partial charge >= 0.3 is 0 Å². The van der Waals surface area contributed by atoms with E-state index < -0.39 is 0 Å². The Hall–Kier alpha value is -0.530. The first-order chi connectivity index (χ1) is 8.70. The monoisotopic (exact) mass is 265 g/mol. The molecule has 0 amide bonds. The molecule has 2 atom stereocenters. The molecule has 2 heteroatoms. The van der Waals surface area contributed by atoms with Gasteiger partial charge in [-0.3, -0.25) is 0 Å². The second-order valence-corrected chi connectivity index (χ2v) is 6.00. The van der Waals surface area contributed by atoms with Gasteiger partial charge in [-0.2, -0.15) is 0 Å². The average molecular weight is 266 g/mol. The van der Waals surface area contributed by atoms with Crippen molar-refractivity contribution in [1.29, 1.82) is 0 Å². The van der Waals surface area contributed by atoms with Gasteiger partial charge in [0.2, 0.25) is 0 Å². The fourth-order valence-electron chi connectivity index (χ4n) is 3.11. The standard InChI is InChI=1S/C16H24ClN/c1-12-8-9-13(15(17)10-12)11-14-6-4-3-5-7-16(14)18-2/h8-10,14,16,18H,3-7,11H2,1-2H3. The van der Waals surface area contributed by atoms with Crippen LogP contribution in [-0.4, -0.2) is 13.1 Å². The molecule has 0 aromatic heterocycles.